The number of rotatable bonds is 8. The highest BCUT2D eigenvalue weighted by molar-refractivity contribution is 14.0. The molecule has 2 heterocycles. The number of aromatic nitrogens is 3. The Morgan fingerprint density at radius 3 is 2.53 bits per heavy atom. The zero-order chi connectivity index (χ0) is 23.0. The maximum Gasteiger partial charge on any atom is 0.214 e. The zero-order valence-electron chi connectivity index (χ0n) is 19.8. The third-order valence-electron chi connectivity index (χ3n) is 5.44. The van der Waals surface area contributed by atoms with Crippen molar-refractivity contribution in [2.75, 3.05) is 6.54 Å². The Balaban J connectivity index is 0.00000324. The fourth-order valence-corrected chi connectivity index (χ4v) is 3.60. The van der Waals surface area contributed by atoms with Crippen LogP contribution < -0.4 is 10.6 Å². The van der Waals surface area contributed by atoms with E-state index in [2.05, 4.69) is 80.6 Å². The van der Waals surface area contributed by atoms with Crippen LogP contribution >= 0.6 is 24.0 Å². The number of nitrogens with zero attached hydrogens (tertiary/aromatic N) is 4. The van der Waals surface area contributed by atoms with Crippen molar-refractivity contribution in [1.29, 1.82) is 0 Å². The minimum atomic E-state index is 0. The Morgan fingerprint density at radius 1 is 1.06 bits per heavy atom. The smallest absolute Gasteiger partial charge is 0.214 e. The summed E-state index contributed by atoms with van der Waals surface area (Å²) in [6.45, 7) is 8.56. The third kappa shape index (κ3) is 6.69. The minimum absolute atomic E-state index is 0. The van der Waals surface area contributed by atoms with Crippen LogP contribution in [0.1, 0.15) is 35.4 Å². The van der Waals surface area contributed by atoms with Crippen LogP contribution in [0.25, 0.3) is 11.1 Å². The molecule has 0 saturated carbocycles. The van der Waals surface area contributed by atoms with Crippen molar-refractivity contribution >= 4 is 29.9 Å². The summed E-state index contributed by atoms with van der Waals surface area (Å²) in [6.07, 6.45) is 5.61. The second kappa shape index (κ2) is 12.4. The summed E-state index contributed by atoms with van der Waals surface area (Å²) in [5.41, 5.74) is 5.69. The number of guanidine groups is 1. The highest BCUT2D eigenvalue weighted by atomic mass is 127. The summed E-state index contributed by atoms with van der Waals surface area (Å²) >= 11 is 0. The van der Waals surface area contributed by atoms with Gasteiger partial charge in [0.2, 0.25) is 5.89 Å². The second-order valence-electron chi connectivity index (χ2n) is 7.89. The van der Waals surface area contributed by atoms with Gasteiger partial charge < -0.3 is 19.6 Å². The SMILES string of the molecule is CCNC(=NCc1ccccc1-c1ccc(Cn2ccnc2)cc1)NCc1nc(C)c(C)o1.I. The fraction of sp³-hybridized carbons (Fsp3) is 0.269. The number of nitrogens with one attached hydrogen (secondary N) is 2. The molecular weight excluding hydrogens is 539 g/mol. The number of benzene rings is 2. The summed E-state index contributed by atoms with van der Waals surface area (Å²) in [5.74, 6) is 2.24. The molecule has 0 saturated heterocycles. The number of aliphatic imine (C=N–C) groups is 1. The number of hydrogen-bond acceptors (Lipinski definition) is 4. The fourth-order valence-electron chi connectivity index (χ4n) is 3.60. The van der Waals surface area contributed by atoms with Gasteiger partial charge in [0.05, 0.1) is 25.1 Å². The van der Waals surface area contributed by atoms with E-state index in [1.54, 1.807) is 6.20 Å². The van der Waals surface area contributed by atoms with Crippen molar-refractivity contribution in [3.63, 3.8) is 0 Å². The molecule has 0 unspecified atom stereocenters. The van der Waals surface area contributed by atoms with E-state index >= 15 is 0 Å². The van der Waals surface area contributed by atoms with Crippen molar-refractivity contribution in [3.8, 4) is 11.1 Å². The van der Waals surface area contributed by atoms with Crippen molar-refractivity contribution in [2.24, 2.45) is 4.99 Å². The van der Waals surface area contributed by atoms with Gasteiger partial charge in [0.1, 0.15) is 5.76 Å². The van der Waals surface area contributed by atoms with Crippen LogP contribution in [0.2, 0.25) is 0 Å². The highest BCUT2D eigenvalue weighted by Gasteiger charge is 2.08. The topological polar surface area (TPSA) is 80.3 Å². The van der Waals surface area contributed by atoms with E-state index in [1.807, 2.05) is 26.4 Å². The molecule has 0 bridgehead atoms. The van der Waals surface area contributed by atoms with Crippen LogP contribution in [0.4, 0.5) is 0 Å². The van der Waals surface area contributed by atoms with Crippen molar-refractivity contribution < 1.29 is 4.42 Å². The molecule has 0 fully saturated rings. The standard InChI is InChI=1S/C26H30N6O.HI/c1-4-28-26(30-16-25-31-19(2)20(3)33-25)29-15-23-7-5-6-8-24(23)22-11-9-21(10-12-22)17-32-14-13-27-18-32;/h5-14,18H,4,15-17H2,1-3H3,(H2,28,29,30);1H. The maximum absolute atomic E-state index is 5.66. The predicted molar refractivity (Wildman–Crippen MR) is 146 cm³/mol. The van der Waals surface area contributed by atoms with Gasteiger partial charge in [-0.2, -0.15) is 0 Å². The lowest BCUT2D eigenvalue weighted by molar-refractivity contribution is 0.463. The molecule has 2 N–H and O–H groups in total. The van der Waals surface area contributed by atoms with Gasteiger partial charge in [-0.05, 0) is 43.0 Å². The van der Waals surface area contributed by atoms with E-state index in [9.17, 15) is 0 Å². The number of imidazole rings is 1. The molecule has 178 valence electrons. The Labute approximate surface area is 217 Å². The molecule has 0 aliphatic heterocycles. The lowest BCUT2D eigenvalue weighted by Gasteiger charge is -2.12. The molecule has 0 radical (unpaired) electrons. The van der Waals surface area contributed by atoms with Crippen LogP contribution in [-0.2, 0) is 19.6 Å². The monoisotopic (exact) mass is 570 g/mol. The molecule has 8 heteroatoms. The van der Waals surface area contributed by atoms with Gasteiger partial charge in [0.15, 0.2) is 5.96 Å². The second-order valence-corrected chi connectivity index (χ2v) is 7.89. The summed E-state index contributed by atoms with van der Waals surface area (Å²) in [5, 5.41) is 6.60. The van der Waals surface area contributed by atoms with Crippen molar-refractivity contribution in [1.82, 2.24) is 25.2 Å². The average molecular weight is 570 g/mol. The Bertz CT molecular complexity index is 1180. The zero-order valence-corrected chi connectivity index (χ0v) is 22.1. The molecule has 0 spiro atoms. The first-order valence-electron chi connectivity index (χ1n) is 11.2. The Morgan fingerprint density at radius 2 is 1.85 bits per heavy atom. The van der Waals surface area contributed by atoms with Gasteiger partial charge in [-0.15, -0.1) is 24.0 Å². The third-order valence-corrected chi connectivity index (χ3v) is 5.44. The first-order chi connectivity index (χ1) is 16.1. The minimum Gasteiger partial charge on any atom is -0.444 e. The van der Waals surface area contributed by atoms with Crippen LogP contribution in [0.15, 0.2) is 76.7 Å². The quantitative estimate of drug-likeness (QED) is 0.176. The molecule has 0 amide bonds. The van der Waals surface area contributed by atoms with Gasteiger partial charge in [0.25, 0.3) is 0 Å². The summed E-state index contributed by atoms with van der Waals surface area (Å²) in [4.78, 5) is 13.3. The van der Waals surface area contributed by atoms with E-state index in [1.165, 1.54) is 22.3 Å². The molecule has 4 aromatic rings. The lowest BCUT2D eigenvalue weighted by atomic mass is 9.98. The average Bonchev–Trinajstić information content (AvgIpc) is 3.45. The van der Waals surface area contributed by atoms with E-state index < -0.39 is 0 Å². The molecule has 34 heavy (non-hydrogen) atoms. The van der Waals surface area contributed by atoms with Crippen LogP contribution in [-0.4, -0.2) is 27.0 Å². The molecule has 2 aromatic heterocycles. The maximum atomic E-state index is 5.66. The predicted octanol–water partition coefficient (Wildman–Crippen LogP) is 5.08. The van der Waals surface area contributed by atoms with Gasteiger partial charge >= 0.3 is 0 Å². The molecule has 7 nitrogen and oxygen atoms in total. The van der Waals surface area contributed by atoms with Gasteiger partial charge in [-0.1, -0.05) is 48.5 Å². The Hall–Kier alpha value is -3.14. The number of halogens is 1. The van der Waals surface area contributed by atoms with E-state index in [0.29, 0.717) is 19.0 Å². The van der Waals surface area contributed by atoms with Gasteiger partial charge in [0, 0.05) is 25.5 Å². The number of oxazole rings is 1. The molecule has 4 rings (SSSR count). The Kier molecular flexibility index (Phi) is 9.26. The number of hydrogen-bond donors (Lipinski definition) is 2. The summed E-state index contributed by atoms with van der Waals surface area (Å²) < 4.78 is 7.73. The van der Waals surface area contributed by atoms with E-state index in [-0.39, 0.29) is 24.0 Å². The van der Waals surface area contributed by atoms with E-state index in [4.69, 9.17) is 9.41 Å². The van der Waals surface area contributed by atoms with Gasteiger partial charge in [-0.25, -0.2) is 15.0 Å². The number of aryl methyl sites for hydroxylation is 2. The highest BCUT2D eigenvalue weighted by Crippen LogP contribution is 2.25. The van der Waals surface area contributed by atoms with E-state index in [0.717, 1.165) is 30.5 Å². The van der Waals surface area contributed by atoms with Crippen LogP contribution in [0, 0.1) is 13.8 Å². The van der Waals surface area contributed by atoms with Crippen LogP contribution in [0.3, 0.4) is 0 Å². The first-order valence-corrected chi connectivity index (χ1v) is 11.2. The van der Waals surface area contributed by atoms with Gasteiger partial charge in [-0.3, -0.25) is 0 Å². The van der Waals surface area contributed by atoms with Crippen molar-refractivity contribution in [2.45, 2.75) is 40.4 Å². The molecule has 0 aliphatic carbocycles. The molecular formula is C26H31IN6O. The lowest BCUT2D eigenvalue weighted by Crippen LogP contribution is -2.36. The first kappa shape index (κ1) is 25.5. The molecule has 2 aromatic carbocycles. The molecule has 0 atom stereocenters. The summed E-state index contributed by atoms with van der Waals surface area (Å²) in [6, 6.07) is 17.1. The normalized spacial score (nSPS) is 11.2. The molecule has 0 aliphatic rings. The van der Waals surface area contributed by atoms with Crippen LogP contribution in [0.5, 0.6) is 0 Å². The van der Waals surface area contributed by atoms with Crippen molar-refractivity contribution in [3.05, 3.63) is 95.7 Å². The largest absolute Gasteiger partial charge is 0.444 e. The summed E-state index contributed by atoms with van der Waals surface area (Å²) in [7, 11) is 0.